The first-order chi connectivity index (χ1) is 14.3. The number of nitrogens with zero attached hydrogens (tertiary/aromatic N) is 1. The second-order valence-corrected chi connectivity index (χ2v) is 8.61. The third-order valence-corrected chi connectivity index (χ3v) is 6.11. The maximum atomic E-state index is 12.9. The number of ether oxygens (including phenoxy) is 3. The van der Waals surface area contributed by atoms with E-state index in [1.807, 2.05) is 26.8 Å². The molecule has 1 aromatic carbocycles. The van der Waals surface area contributed by atoms with Gasteiger partial charge in [-0.15, -0.1) is 0 Å². The van der Waals surface area contributed by atoms with Crippen LogP contribution in [0.15, 0.2) is 15.3 Å². The SMILES string of the molecule is COc1cc2c(c3oc(=O)c(CCC(=O)N4CCOCC4)c(C)c13)CCC(C)(C)O2. The number of carbonyl (C=O) groups excluding carboxylic acids is 1. The minimum absolute atomic E-state index is 0.0326. The van der Waals surface area contributed by atoms with E-state index in [4.69, 9.17) is 18.6 Å². The molecule has 0 bridgehead atoms. The van der Waals surface area contributed by atoms with Crippen molar-refractivity contribution < 1.29 is 23.4 Å². The number of morpholine rings is 1. The van der Waals surface area contributed by atoms with Crippen LogP contribution >= 0.6 is 0 Å². The summed E-state index contributed by atoms with van der Waals surface area (Å²) in [5.74, 6) is 1.35. The van der Waals surface area contributed by atoms with E-state index < -0.39 is 5.63 Å². The topological polar surface area (TPSA) is 78.2 Å². The molecule has 0 saturated carbocycles. The Labute approximate surface area is 175 Å². The van der Waals surface area contributed by atoms with Gasteiger partial charge in [-0.05, 0) is 45.6 Å². The third-order valence-electron chi connectivity index (χ3n) is 6.11. The summed E-state index contributed by atoms with van der Waals surface area (Å²) in [5, 5.41) is 0.785. The Hall–Kier alpha value is -2.54. The first kappa shape index (κ1) is 20.7. The number of carbonyl (C=O) groups is 1. The molecule has 7 nitrogen and oxygen atoms in total. The first-order valence-corrected chi connectivity index (χ1v) is 10.5. The summed E-state index contributed by atoms with van der Waals surface area (Å²) in [6.45, 7) is 8.30. The van der Waals surface area contributed by atoms with E-state index in [0.29, 0.717) is 55.4 Å². The van der Waals surface area contributed by atoms with Gasteiger partial charge in [-0.2, -0.15) is 0 Å². The van der Waals surface area contributed by atoms with Crippen LogP contribution in [0, 0.1) is 6.92 Å². The molecule has 1 aromatic heterocycles. The molecular formula is C23H29NO6. The molecule has 0 N–H and O–H groups in total. The predicted molar refractivity (Wildman–Crippen MR) is 113 cm³/mol. The molecule has 4 rings (SSSR count). The summed E-state index contributed by atoms with van der Waals surface area (Å²) >= 11 is 0. The predicted octanol–water partition coefficient (Wildman–Crippen LogP) is 3.01. The first-order valence-electron chi connectivity index (χ1n) is 10.5. The van der Waals surface area contributed by atoms with Gasteiger partial charge in [-0.25, -0.2) is 4.79 Å². The zero-order valence-corrected chi connectivity index (χ0v) is 18.1. The quantitative estimate of drug-likeness (QED) is 0.715. The molecule has 2 aliphatic rings. The zero-order chi connectivity index (χ0) is 21.5. The third kappa shape index (κ3) is 3.78. The summed E-state index contributed by atoms with van der Waals surface area (Å²) in [6, 6.07) is 1.88. The Balaban J connectivity index is 1.70. The number of hydrogen-bond donors (Lipinski definition) is 0. The number of amides is 1. The van der Waals surface area contributed by atoms with Crippen LogP contribution in [0.25, 0.3) is 11.0 Å². The zero-order valence-electron chi connectivity index (χ0n) is 18.1. The van der Waals surface area contributed by atoms with Crippen molar-refractivity contribution in [3.05, 3.63) is 33.2 Å². The van der Waals surface area contributed by atoms with Crippen LogP contribution in [-0.2, 0) is 22.4 Å². The van der Waals surface area contributed by atoms with Crippen LogP contribution in [-0.4, -0.2) is 49.8 Å². The van der Waals surface area contributed by atoms with Gasteiger partial charge in [0.25, 0.3) is 0 Å². The summed E-state index contributed by atoms with van der Waals surface area (Å²) in [5.41, 5.74) is 2.10. The summed E-state index contributed by atoms with van der Waals surface area (Å²) in [7, 11) is 1.60. The fourth-order valence-corrected chi connectivity index (χ4v) is 4.33. The molecular weight excluding hydrogens is 386 g/mol. The smallest absolute Gasteiger partial charge is 0.339 e. The molecule has 0 atom stereocenters. The monoisotopic (exact) mass is 415 g/mol. The van der Waals surface area contributed by atoms with Crippen LogP contribution in [0.1, 0.15) is 43.4 Å². The van der Waals surface area contributed by atoms with Crippen molar-refractivity contribution in [2.24, 2.45) is 0 Å². The van der Waals surface area contributed by atoms with E-state index in [9.17, 15) is 9.59 Å². The highest BCUT2D eigenvalue weighted by atomic mass is 16.5. The molecule has 30 heavy (non-hydrogen) atoms. The van der Waals surface area contributed by atoms with Crippen LogP contribution in [0.3, 0.4) is 0 Å². The van der Waals surface area contributed by atoms with Crippen molar-refractivity contribution in [1.29, 1.82) is 0 Å². The Morgan fingerprint density at radius 3 is 2.70 bits per heavy atom. The van der Waals surface area contributed by atoms with Crippen molar-refractivity contribution in [1.82, 2.24) is 4.90 Å². The summed E-state index contributed by atoms with van der Waals surface area (Å²) in [4.78, 5) is 27.2. The molecule has 3 heterocycles. The molecule has 2 aromatic rings. The fraction of sp³-hybridized carbons (Fsp3) is 0.565. The van der Waals surface area contributed by atoms with E-state index in [2.05, 4.69) is 0 Å². The van der Waals surface area contributed by atoms with E-state index in [1.165, 1.54) is 0 Å². The minimum atomic E-state index is -0.393. The highest BCUT2D eigenvalue weighted by Crippen LogP contribution is 2.43. The van der Waals surface area contributed by atoms with E-state index in [1.54, 1.807) is 12.0 Å². The number of fused-ring (bicyclic) bond motifs is 3. The summed E-state index contributed by atoms with van der Waals surface area (Å²) in [6.07, 6.45) is 2.20. The second-order valence-electron chi connectivity index (χ2n) is 8.61. The molecule has 2 aliphatic heterocycles. The van der Waals surface area contributed by atoms with Crippen LogP contribution in [0.2, 0.25) is 0 Å². The van der Waals surface area contributed by atoms with Crippen molar-refractivity contribution >= 4 is 16.9 Å². The van der Waals surface area contributed by atoms with Crippen molar-refractivity contribution in [3.63, 3.8) is 0 Å². The molecule has 0 radical (unpaired) electrons. The lowest BCUT2D eigenvalue weighted by Gasteiger charge is -2.33. The van der Waals surface area contributed by atoms with E-state index in [-0.39, 0.29) is 17.9 Å². The van der Waals surface area contributed by atoms with Gasteiger partial charge in [-0.3, -0.25) is 4.79 Å². The lowest BCUT2D eigenvalue weighted by Crippen LogP contribution is -2.40. The van der Waals surface area contributed by atoms with Crippen molar-refractivity contribution in [3.8, 4) is 11.5 Å². The van der Waals surface area contributed by atoms with Gasteiger partial charge < -0.3 is 23.5 Å². The maximum absolute atomic E-state index is 12.9. The Morgan fingerprint density at radius 1 is 1.27 bits per heavy atom. The van der Waals surface area contributed by atoms with Crippen LogP contribution in [0.5, 0.6) is 11.5 Å². The Kier molecular flexibility index (Phi) is 5.49. The summed E-state index contributed by atoms with van der Waals surface area (Å²) < 4.78 is 22.9. The maximum Gasteiger partial charge on any atom is 0.339 e. The molecule has 162 valence electrons. The van der Waals surface area contributed by atoms with Gasteiger partial charge in [0.15, 0.2) is 0 Å². The molecule has 1 fully saturated rings. The van der Waals surface area contributed by atoms with Crippen molar-refractivity contribution in [2.75, 3.05) is 33.4 Å². The van der Waals surface area contributed by atoms with E-state index >= 15 is 0 Å². The highest BCUT2D eigenvalue weighted by Gasteiger charge is 2.31. The molecule has 0 aliphatic carbocycles. The van der Waals surface area contributed by atoms with Gasteiger partial charge in [0.1, 0.15) is 22.7 Å². The Morgan fingerprint density at radius 2 is 2.00 bits per heavy atom. The standard InChI is InChI=1S/C23H29NO6/c1-14-15(5-6-19(25)24-9-11-28-12-10-24)22(26)29-21-16-7-8-23(2,3)30-17(16)13-18(27-4)20(14)21/h13H,5-12H2,1-4H3. The number of rotatable bonds is 4. The average Bonchev–Trinajstić information content (AvgIpc) is 2.72. The fourth-order valence-electron chi connectivity index (χ4n) is 4.33. The Bertz CT molecular complexity index is 1030. The van der Waals surface area contributed by atoms with Gasteiger partial charge in [0, 0.05) is 36.7 Å². The highest BCUT2D eigenvalue weighted by molar-refractivity contribution is 5.92. The van der Waals surface area contributed by atoms with Gasteiger partial charge >= 0.3 is 5.63 Å². The number of benzene rings is 1. The van der Waals surface area contributed by atoms with Gasteiger partial charge in [0.2, 0.25) is 5.91 Å². The average molecular weight is 415 g/mol. The normalized spacial score (nSPS) is 18.1. The van der Waals surface area contributed by atoms with Crippen LogP contribution in [0.4, 0.5) is 0 Å². The lowest BCUT2D eigenvalue weighted by atomic mass is 9.91. The van der Waals surface area contributed by atoms with Gasteiger partial charge in [0.05, 0.1) is 25.7 Å². The van der Waals surface area contributed by atoms with E-state index in [0.717, 1.165) is 29.4 Å². The second kappa shape index (κ2) is 7.95. The molecule has 0 unspecified atom stereocenters. The molecule has 7 heteroatoms. The van der Waals surface area contributed by atoms with Gasteiger partial charge in [-0.1, -0.05) is 0 Å². The molecule has 1 amide bonds. The largest absolute Gasteiger partial charge is 0.496 e. The minimum Gasteiger partial charge on any atom is -0.496 e. The lowest BCUT2D eigenvalue weighted by molar-refractivity contribution is -0.135. The number of methoxy groups -OCH3 is 1. The number of aryl methyl sites for hydroxylation is 2. The van der Waals surface area contributed by atoms with Crippen LogP contribution < -0.4 is 15.1 Å². The molecule has 1 saturated heterocycles. The van der Waals surface area contributed by atoms with Crippen molar-refractivity contribution in [2.45, 2.75) is 52.1 Å². The molecule has 0 spiro atoms. The number of hydrogen-bond acceptors (Lipinski definition) is 6.